The van der Waals surface area contributed by atoms with E-state index in [4.69, 9.17) is 0 Å². The molecule has 0 spiro atoms. The minimum Gasteiger partial charge on any atom is -0.355 e. The number of hydrogen-bond acceptors (Lipinski definition) is 4. The highest BCUT2D eigenvalue weighted by atomic mass is 32.2. The Morgan fingerprint density at radius 3 is 2.21 bits per heavy atom. The van der Waals surface area contributed by atoms with Crippen molar-refractivity contribution >= 4 is 35.3 Å². The molecule has 0 bridgehead atoms. The molecule has 0 aromatic heterocycles. The number of hydrogen-bond donors (Lipinski definition) is 2. The molecule has 4 nitrogen and oxygen atoms in total. The zero-order valence-electron chi connectivity index (χ0n) is 10.3. The van der Waals surface area contributed by atoms with Crippen molar-refractivity contribution in [2.75, 3.05) is 24.6 Å². The van der Waals surface area contributed by atoms with Gasteiger partial charge in [0.1, 0.15) is 0 Å². The molecular weight excluding hydrogens is 301 g/mol. The number of rotatable bonds is 5. The molecule has 2 N–H and O–H groups in total. The standard InChI is InChI=1S/C10H15F3N2O2S2/c1-2-14-8(17)6-15-7(16)5-9(10(11,12)13)18-3-4-19-9/h2-6H2,1H3,(H,14,17)(H,15,16). The van der Waals surface area contributed by atoms with Crippen LogP contribution >= 0.6 is 23.5 Å². The predicted molar refractivity (Wildman–Crippen MR) is 70.0 cm³/mol. The molecule has 0 saturated carbocycles. The van der Waals surface area contributed by atoms with E-state index in [1.807, 2.05) is 0 Å². The van der Waals surface area contributed by atoms with Gasteiger partial charge in [0.2, 0.25) is 11.8 Å². The van der Waals surface area contributed by atoms with E-state index in [1.165, 1.54) is 0 Å². The summed E-state index contributed by atoms with van der Waals surface area (Å²) in [5.41, 5.74) is 0. The third-order valence-corrected chi connectivity index (χ3v) is 5.87. The molecule has 19 heavy (non-hydrogen) atoms. The smallest absolute Gasteiger partial charge is 0.355 e. The lowest BCUT2D eigenvalue weighted by molar-refractivity contribution is -0.146. The molecule has 0 unspecified atom stereocenters. The molecule has 1 rings (SSSR count). The summed E-state index contributed by atoms with van der Waals surface area (Å²) in [6.45, 7) is 1.83. The molecule has 1 saturated heterocycles. The molecular formula is C10H15F3N2O2S2. The molecule has 110 valence electrons. The monoisotopic (exact) mass is 316 g/mol. The predicted octanol–water partition coefficient (Wildman–Crippen LogP) is 1.37. The number of amides is 2. The average Bonchev–Trinajstić information content (AvgIpc) is 2.76. The van der Waals surface area contributed by atoms with Crippen molar-refractivity contribution in [2.45, 2.75) is 23.6 Å². The van der Waals surface area contributed by atoms with E-state index >= 15 is 0 Å². The Kier molecular flexibility index (Phi) is 5.84. The number of carbonyl (C=O) groups is 2. The van der Waals surface area contributed by atoms with Gasteiger partial charge < -0.3 is 10.6 Å². The van der Waals surface area contributed by atoms with Crippen LogP contribution in [0.4, 0.5) is 13.2 Å². The Morgan fingerprint density at radius 2 is 1.74 bits per heavy atom. The van der Waals surface area contributed by atoms with Gasteiger partial charge in [0.15, 0.2) is 4.08 Å². The van der Waals surface area contributed by atoms with Gasteiger partial charge >= 0.3 is 6.18 Å². The third-order valence-electron chi connectivity index (χ3n) is 2.40. The maximum absolute atomic E-state index is 13.0. The molecule has 1 heterocycles. The van der Waals surface area contributed by atoms with Crippen LogP contribution in [0.3, 0.4) is 0 Å². The first-order valence-electron chi connectivity index (χ1n) is 5.69. The van der Waals surface area contributed by atoms with Crippen LogP contribution in [-0.4, -0.2) is 46.7 Å². The molecule has 0 aromatic carbocycles. The molecule has 1 aliphatic rings. The van der Waals surface area contributed by atoms with Crippen LogP contribution in [0, 0.1) is 0 Å². The quantitative estimate of drug-likeness (QED) is 0.804. The van der Waals surface area contributed by atoms with Crippen molar-refractivity contribution in [3.8, 4) is 0 Å². The highest BCUT2D eigenvalue weighted by Gasteiger charge is 2.58. The molecule has 0 aromatic rings. The van der Waals surface area contributed by atoms with Gasteiger partial charge in [0.05, 0.1) is 13.0 Å². The first kappa shape index (κ1) is 16.5. The number of thioether (sulfide) groups is 2. The van der Waals surface area contributed by atoms with Gasteiger partial charge in [-0.15, -0.1) is 23.5 Å². The molecule has 1 fully saturated rings. The average molecular weight is 316 g/mol. The molecule has 9 heteroatoms. The largest absolute Gasteiger partial charge is 0.412 e. The third kappa shape index (κ3) is 4.48. The summed E-state index contributed by atoms with van der Waals surface area (Å²) in [4.78, 5) is 22.6. The molecule has 0 aliphatic carbocycles. The van der Waals surface area contributed by atoms with Crippen molar-refractivity contribution < 1.29 is 22.8 Å². The topological polar surface area (TPSA) is 58.2 Å². The summed E-state index contributed by atoms with van der Waals surface area (Å²) in [6, 6.07) is 0. The summed E-state index contributed by atoms with van der Waals surface area (Å²) in [7, 11) is 0. The van der Waals surface area contributed by atoms with Gasteiger partial charge in [-0.2, -0.15) is 13.2 Å². The van der Waals surface area contributed by atoms with Crippen molar-refractivity contribution in [1.82, 2.24) is 10.6 Å². The lowest BCUT2D eigenvalue weighted by Gasteiger charge is -2.29. The van der Waals surface area contributed by atoms with Crippen LogP contribution in [0.5, 0.6) is 0 Å². The fraction of sp³-hybridized carbons (Fsp3) is 0.800. The lowest BCUT2D eigenvalue weighted by Crippen LogP contribution is -2.44. The SMILES string of the molecule is CCNC(=O)CNC(=O)CC1(C(F)(F)F)SCCS1. The number of alkyl halides is 3. The van der Waals surface area contributed by atoms with Crippen LogP contribution in [0.25, 0.3) is 0 Å². The Bertz CT molecular complexity index is 344. The second kappa shape index (κ2) is 6.74. The zero-order chi connectivity index (χ0) is 14.5. The summed E-state index contributed by atoms with van der Waals surface area (Å²) in [6.07, 6.45) is -5.10. The second-order valence-electron chi connectivity index (χ2n) is 3.85. The number of likely N-dealkylation sites (N-methyl/N-ethyl adjacent to an activating group) is 1. The summed E-state index contributed by atoms with van der Waals surface area (Å²) < 4.78 is 36.9. The number of nitrogens with one attached hydrogen (secondary N) is 2. The van der Waals surface area contributed by atoms with E-state index in [0.717, 1.165) is 23.5 Å². The number of halogens is 3. The van der Waals surface area contributed by atoms with Crippen molar-refractivity contribution in [2.24, 2.45) is 0 Å². The van der Waals surface area contributed by atoms with Crippen molar-refractivity contribution in [3.63, 3.8) is 0 Å². The molecule has 0 atom stereocenters. The normalized spacial score (nSPS) is 18.1. The van der Waals surface area contributed by atoms with Gasteiger partial charge in [-0.1, -0.05) is 0 Å². The van der Waals surface area contributed by atoms with Gasteiger partial charge in [0, 0.05) is 18.1 Å². The Balaban J connectivity index is 2.52. The number of carbonyl (C=O) groups excluding carboxylic acids is 2. The second-order valence-corrected chi connectivity index (χ2v) is 6.90. The minimum absolute atomic E-state index is 0.296. The van der Waals surface area contributed by atoms with Crippen LogP contribution in [-0.2, 0) is 9.59 Å². The van der Waals surface area contributed by atoms with Gasteiger partial charge in [-0.25, -0.2) is 0 Å². The van der Waals surface area contributed by atoms with Crippen molar-refractivity contribution in [3.05, 3.63) is 0 Å². The van der Waals surface area contributed by atoms with Gasteiger partial charge in [-0.05, 0) is 6.92 Å². The van der Waals surface area contributed by atoms with E-state index in [2.05, 4.69) is 10.6 Å². The Labute approximate surface area is 117 Å². The van der Waals surface area contributed by atoms with Crippen LogP contribution in [0.1, 0.15) is 13.3 Å². The molecule has 2 amide bonds. The molecule has 0 radical (unpaired) electrons. The minimum atomic E-state index is -4.44. The highest BCUT2D eigenvalue weighted by molar-refractivity contribution is 8.21. The van der Waals surface area contributed by atoms with E-state index in [0.29, 0.717) is 18.1 Å². The lowest BCUT2D eigenvalue weighted by atomic mass is 10.2. The Morgan fingerprint density at radius 1 is 1.16 bits per heavy atom. The summed E-state index contributed by atoms with van der Waals surface area (Å²) in [5.74, 6) is -0.434. The van der Waals surface area contributed by atoms with Gasteiger partial charge in [0.25, 0.3) is 0 Å². The van der Waals surface area contributed by atoms with Crippen molar-refractivity contribution in [1.29, 1.82) is 0 Å². The highest BCUT2D eigenvalue weighted by Crippen LogP contribution is 2.56. The Hall–Kier alpha value is -0.570. The maximum atomic E-state index is 13.0. The zero-order valence-corrected chi connectivity index (χ0v) is 11.9. The maximum Gasteiger partial charge on any atom is 0.412 e. The summed E-state index contributed by atoms with van der Waals surface area (Å²) in [5, 5.41) is 4.66. The van der Waals surface area contributed by atoms with E-state index < -0.39 is 28.5 Å². The van der Waals surface area contributed by atoms with E-state index in [9.17, 15) is 22.8 Å². The first-order chi connectivity index (χ1) is 8.81. The first-order valence-corrected chi connectivity index (χ1v) is 7.66. The summed E-state index contributed by atoms with van der Waals surface area (Å²) >= 11 is 1.49. The van der Waals surface area contributed by atoms with E-state index in [1.54, 1.807) is 6.92 Å². The van der Waals surface area contributed by atoms with Crippen LogP contribution in [0.15, 0.2) is 0 Å². The van der Waals surface area contributed by atoms with E-state index in [-0.39, 0.29) is 6.54 Å². The van der Waals surface area contributed by atoms with Crippen LogP contribution < -0.4 is 10.6 Å². The fourth-order valence-electron chi connectivity index (χ4n) is 1.53. The molecule has 1 aliphatic heterocycles. The van der Waals surface area contributed by atoms with Gasteiger partial charge in [-0.3, -0.25) is 9.59 Å². The van der Waals surface area contributed by atoms with Crippen LogP contribution in [0.2, 0.25) is 0 Å². The fourth-order valence-corrected chi connectivity index (χ4v) is 4.49.